The Morgan fingerprint density at radius 2 is 1.28 bits per heavy atom. The molecule has 0 radical (unpaired) electrons. The standard InChI is InChI=1S/C11H21NS2.C10H23N/c1-3-5-7-9-12(11(13)14)10-8-6-4-2;1-3-5-7-9-11-10-8-6-4-2/h9H,3-8,10H2,1-2H3;11H,3-10H2,1-2H3/b12-9-;. The van der Waals surface area contributed by atoms with Gasteiger partial charge in [0.25, 0.3) is 0 Å². The van der Waals surface area contributed by atoms with Crippen LogP contribution in [0.15, 0.2) is 0 Å². The Morgan fingerprint density at radius 1 is 0.800 bits per heavy atom. The van der Waals surface area contributed by atoms with E-state index in [2.05, 4.69) is 43.8 Å². The largest absolute Gasteiger partial charge is 0.359 e. The number of nitrogens with zero attached hydrogens (tertiary/aromatic N) is 1. The molecular weight excluding hydrogens is 344 g/mol. The molecule has 25 heavy (non-hydrogen) atoms. The highest BCUT2D eigenvalue weighted by Gasteiger charge is 2.00. The Hall–Kier alpha value is -0.0600. The molecule has 0 aromatic heterocycles. The van der Waals surface area contributed by atoms with Crippen LogP contribution in [0.2, 0.25) is 0 Å². The molecule has 0 saturated carbocycles. The summed E-state index contributed by atoms with van der Waals surface area (Å²) in [6.45, 7) is 12.3. The number of unbranched alkanes of at least 4 members (excludes halogenated alkanes) is 8. The summed E-state index contributed by atoms with van der Waals surface area (Å²) in [5.74, 6) is 0. The normalized spacial score (nSPS) is 11.1. The average Bonchev–Trinajstić information content (AvgIpc) is 2.60. The monoisotopic (exact) mass is 388 g/mol. The summed E-state index contributed by atoms with van der Waals surface area (Å²) in [6.07, 6.45) is 17.5. The van der Waals surface area contributed by atoms with Crippen LogP contribution in [0, 0.1) is 0 Å². The summed E-state index contributed by atoms with van der Waals surface area (Å²) in [5.41, 5.74) is 0. The molecule has 0 heterocycles. The van der Waals surface area contributed by atoms with E-state index in [4.69, 9.17) is 24.8 Å². The first-order valence-electron chi connectivity index (χ1n) is 10.7. The van der Waals surface area contributed by atoms with Gasteiger partial charge in [-0.05, 0) is 38.8 Å². The first-order valence-corrected chi connectivity index (χ1v) is 11.5. The molecule has 0 amide bonds. The lowest BCUT2D eigenvalue weighted by Crippen LogP contribution is -2.19. The van der Waals surface area contributed by atoms with Gasteiger partial charge in [0.15, 0.2) is 0 Å². The Morgan fingerprint density at radius 3 is 1.72 bits per heavy atom. The number of nitrogens with one attached hydrogen (secondary N) is 1. The zero-order valence-electron chi connectivity index (χ0n) is 17.4. The van der Waals surface area contributed by atoms with Crippen molar-refractivity contribution in [2.45, 2.75) is 105 Å². The quantitative estimate of drug-likeness (QED) is 0.117. The fourth-order valence-electron chi connectivity index (χ4n) is 2.37. The molecule has 0 aromatic rings. The molecule has 4 heteroatoms. The number of hydrogen-bond donors (Lipinski definition) is 1. The van der Waals surface area contributed by atoms with Crippen LogP contribution < -0.4 is 5.32 Å². The van der Waals surface area contributed by atoms with Crippen LogP contribution in [-0.4, -0.2) is 34.7 Å². The lowest BCUT2D eigenvalue weighted by atomic mass is 10.2. The average molecular weight is 389 g/mol. The van der Waals surface area contributed by atoms with Gasteiger partial charge < -0.3 is 30.2 Å². The highest BCUT2D eigenvalue weighted by molar-refractivity contribution is 7.99. The van der Waals surface area contributed by atoms with Crippen molar-refractivity contribution in [3.05, 3.63) is 0 Å². The highest BCUT2D eigenvalue weighted by atomic mass is 32.1. The Kier molecular flexibility index (Phi) is 26.0. The molecule has 0 aliphatic heterocycles. The molecule has 1 N–H and O–H groups in total. The molecule has 0 saturated heterocycles. The third kappa shape index (κ3) is 23.9. The van der Waals surface area contributed by atoms with E-state index >= 15 is 0 Å². The van der Waals surface area contributed by atoms with E-state index in [9.17, 15) is 0 Å². The van der Waals surface area contributed by atoms with E-state index < -0.39 is 0 Å². The second-order valence-electron chi connectivity index (χ2n) is 6.66. The van der Waals surface area contributed by atoms with Gasteiger partial charge in [-0.2, -0.15) is 0 Å². The Labute approximate surface area is 169 Å². The van der Waals surface area contributed by atoms with Crippen molar-refractivity contribution >= 4 is 35.4 Å². The third-order valence-corrected chi connectivity index (χ3v) is 4.53. The van der Waals surface area contributed by atoms with Crippen LogP contribution in [-0.2, 0) is 12.6 Å². The topological polar surface area (TPSA) is 15.0 Å². The van der Waals surface area contributed by atoms with Crippen LogP contribution in [0.1, 0.15) is 105 Å². The summed E-state index contributed by atoms with van der Waals surface area (Å²) >= 11 is 10.1. The minimum atomic E-state index is 0.595. The summed E-state index contributed by atoms with van der Waals surface area (Å²) in [4.78, 5) is 0. The van der Waals surface area contributed by atoms with Crippen LogP contribution in [0.3, 0.4) is 0 Å². The zero-order chi connectivity index (χ0) is 19.2. The summed E-state index contributed by atoms with van der Waals surface area (Å²) in [6, 6.07) is 0. The number of thiocarbonyl (C=S) groups is 1. The predicted molar refractivity (Wildman–Crippen MR) is 122 cm³/mol. The molecule has 0 fully saturated rings. The SMILES string of the molecule is CCCC/C=[N+](/CCCCC)C(=S)[S-].CCCCCNCCCCC. The smallest absolute Gasteiger partial charge is 0.147 e. The van der Waals surface area contributed by atoms with E-state index in [1.807, 2.05) is 0 Å². The van der Waals surface area contributed by atoms with Crippen molar-refractivity contribution in [2.24, 2.45) is 0 Å². The van der Waals surface area contributed by atoms with Crippen LogP contribution >= 0.6 is 12.2 Å². The molecular formula is C21H44N2S2. The Bertz CT molecular complexity index is 296. The van der Waals surface area contributed by atoms with Crippen molar-refractivity contribution in [3.8, 4) is 0 Å². The van der Waals surface area contributed by atoms with E-state index in [0.29, 0.717) is 4.32 Å². The molecule has 0 rings (SSSR count). The third-order valence-electron chi connectivity index (χ3n) is 4.06. The molecule has 0 aromatic carbocycles. The molecule has 0 aliphatic rings. The summed E-state index contributed by atoms with van der Waals surface area (Å²) in [5, 5.41) is 3.46. The van der Waals surface area contributed by atoms with Gasteiger partial charge in [-0.1, -0.05) is 66.2 Å². The maximum absolute atomic E-state index is 5.03. The minimum Gasteiger partial charge on any atom is -0.359 e. The fraction of sp³-hybridized carbons (Fsp3) is 0.905. The van der Waals surface area contributed by atoms with Crippen molar-refractivity contribution in [3.63, 3.8) is 0 Å². The molecule has 0 bridgehead atoms. The molecule has 150 valence electrons. The van der Waals surface area contributed by atoms with Gasteiger partial charge in [0.05, 0.1) is 0 Å². The van der Waals surface area contributed by atoms with Gasteiger partial charge in [-0.25, -0.2) is 4.58 Å². The minimum absolute atomic E-state index is 0.595. The van der Waals surface area contributed by atoms with E-state index in [1.54, 1.807) is 0 Å². The molecule has 0 aliphatic carbocycles. The number of rotatable bonds is 15. The molecule has 0 atom stereocenters. The zero-order valence-corrected chi connectivity index (χ0v) is 19.1. The van der Waals surface area contributed by atoms with E-state index in [-0.39, 0.29) is 0 Å². The predicted octanol–water partition coefficient (Wildman–Crippen LogP) is 6.24. The number of hydrogen-bond acceptors (Lipinski definition) is 3. The van der Waals surface area contributed by atoms with Gasteiger partial charge >= 0.3 is 0 Å². The van der Waals surface area contributed by atoms with Crippen molar-refractivity contribution < 1.29 is 4.58 Å². The van der Waals surface area contributed by atoms with Crippen LogP contribution in [0.4, 0.5) is 0 Å². The highest BCUT2D eigenvalue weighted by Crippen LogP contribution is 1.97. The van der Waals surface area contributed by atoms with Gasteiger partial charge in [0, 0.05) is 12.8 Å². The first kappa shape index (κ1) is 27.2. The fourth-order valence-corrected chi connectivity index (χ4v) is 2.70. The maximum atomic E-state index is 5.03. The van der Waals surface area contributed by atoms with Gasteiger partial charge in [0.2, 0.25) is 0 Å². The summed E-state index contributed by atoms with van der Waals surface area (Å²) < 4.78 is 2.65. The second kappa shape index (κ2) is 23.9. The van der Waals surface area contributed by atoms with Crippen LogP contribution in [0.25, 0.3) is 0 Å². The van der Waals surface area contributed by atoms with Crippen LogP contribution in [0.5, 0.6) is 0 Å². The van der Waals surface area contributed by atoms with Gasteiger partial charge in [-0.3, -0.25) is 0 Å². The van der Waals surface area contributed by atoms with Gasteiger partial charge in [0.1, 0.15) is 17.1 Å². The van der Waals surface area contributed by atoms with E-state index in [1.165, 1.54) is 83.7 Å². The van der Waals surface area contributed by atoms with Crippen molar-refractivity contribution in [2.75, 3.05) is 19.6 Å². The summed E-state index contributed by atoms with van der Waals surface area (Å²) in [7, 11) is 0. The lowest BCUT2D eigenvalue weighted by Gasteiger charge is -2.05. The first-order chi connectivity index (χ1) is 12.1. The van der Waals surface area contributed by atoms with Crippen molar-refractivity contribution in [1.82, 2.24) is 5.32 Å². The molecule has 0 unspecified atom stereocenters. The lowest BCUT2D eigenvalue weighted by molar-refractivity contribution is -0.395. The molecule has 2 nitrogen and oxygen atoms in total. The second-order valence-corrected chi connectivity index (χ2v) is 7.69. The van der Waals surface area contributed by atoms with Crippen molar-refractivity contribution in [1.29, 1.82) is 0 Å². The maximum Gasteiger partial charge on any atom is 0.147 e. The van der Waals surface area contributed by atoms with E-state index in [0.717, 1.165) is 13.0 Å². The Balaban J connectivity index is 0. The van der Waals surface area contributed by atoms with Gasteiger partial charge in [-0.15, -0.1) is 0 Å². The molecule has 0 spiro atoms.